The molecule has 8 nitrogen and oxygen atoms in total. The van der Waals surface area contributed by atoms with E-state index in [0.717, 1.165) is 37.3 Å². The van der Waals surface area contributed by atoms with E-state index < -0.39 is 4.92 Å². The molecule has 3 rings (SSSR count). The minimum Gasteiger partial charge on any atom is -0.496 e. The van der Waals surface area contributed by atoms with E-state index in [4.69, 9.17) is 9.47 Å². The maximum atomic E-state index is 11.4. The van der Waals surface area contributed by atoms with E-state index in [1.54, 1.807) is 19.2 Å². The van der Waals surface area contributed by atoms with E-state index in [9.17, 15) is 10.1 Å². The highest BCUT2D eigenvalue weighted by molar-refractivity contribution is 5.90. The van der Waals surface area contributed by atoms with Gasteiger partial charge in [0.15, 0.2) is 0 Å². The number of nitrogens with one attached hydrogen (secondary N) is 1. The first kappa shape index (κ1) is 16.5. The van der Waals surface area contributed by atoms with Crippen LogP contribution in [0.4, 0.5) is 5.69 Å². The van der Waals surface area contributed by atoms with Crippen molar-refractivity contribution in [1.29, 1.82) is 0 Å². The Labute approximate surface area is 140 Å². The third kappa shape index (κ3) is 2.77. The van der Waals surface area contributed by atoms with Crippen LogP contribution in [0.15, 0.2) is 17.2 Å². The van der Waals surface area contributed by atoms with Crippen LogP contribution in [0, 0.1) is 16.0 Å². The molecule has 2 aliphatic rings. The first-order chi connectivity index (χ1) is 11.6. The maximum Gasteiger partial charge on any atom is 0.311 e. The van der Waals surface area contributed by atoms with Crippen LogP contribution in [0.5, 0.6) is 11.5 Å². The summed E-state index contributed by atoms with van der Waals surface area (Å²) in [6.45, 7) is 5.00. The zero-order valence-corrected chi connectivity index (χ0v) is 14.1. The number of methoxy groups -OCH3 is 2. The molecule has 2 heterocycles. The molecule has 0 bridgehead atoms. The SMILES string of the molecule is CCN1CCC2=NNC(c3cc([N+](=O)[O-])c(OC)cc3OC)C2C1. The monoisotopic (exact) mass is 334 g/mol. The molecule has 0 aliphatic carbocycles. The zero-order chi connectivity index (χ0) is 17.3. The van der Waals surface area contributed by atoms with Gasteiger partial charge in [0.25, 0.3) is 0 Å². The van der Waals surface area contributed by atoms with Crippen molar-refractivity contribution in [3.8, 4) is 11.5 Å². The van der Waals surface area contributed by atoms with Crippen molar-refractivity contribution < 1.29 is 14.4 Å². The van der Waals surface area contributed by atoms with Gasteiger partial charge in [0.2, 0.25) is 5.75 Å². The van der Waals surface area contributed by atoms with Gasteiger partial charge in [0.05, 0.1) is 25.2 Å². The number of likely N-dealkylation sites (tertiary alicyclic amines) is 1. The molecule has 2 unspecified atom stereocenters. The van der Waals surface area contributed by atoms with Gasteiger partial charge in [-0.2, -0.15) is 5.10 Å². The highest BCUT2D eigenvalue weighted by Gasteiger charge is 2.39. The number of fused-ring (bicyclic) bond motifs is 1. The Kier molecular flexibility index (Phi) is 4.57. The second kappa shape index (κ2) is 6.64. The molecular formula is C16H22N4O4. The molecule has 0 amide bonds. The van der Waals surface area contributed by atoms with Crippen LogP contribution in [0.1, 0.15) is 24.9 Å². The Bertz CT molecular complexity index is 676. The highest BCUT2D eigenvalue weighted by atomic mass is 16.6. The topological polar surface area (TPSA) is 89.2 Å². The number of rotatable bonds is 5. The average molecular weight is 334 g/mol. The molecular weight excluding hydrogens is 312 g/mol. The number of benzene rings is 1. The summed E-state index contributed by atoms with van der Waals surface area (Å²) in [6, 6.07) is 2.99. The number of nitro groups is 1. The summed E-state index contributed by atoms with van der Waals surface area (Å²) in [5.41, 5.74) is 4.96. The van der Waals surface area contributed by atoms with E-state index in [1.807, 2.05) is 0 Å². The molecule has 0 spiro atoms. The van der Waals surface area contributed by atoms with Crippen molar-refractivity contribution in [2.45, 2.75) is 19.4 Å². The fourth-order valence-corrected chi connectivity index (χ4v) is 3.48. The summed E-state index contributed by atoms with van der Waals surface area (Å²) in [6.07, 6.45) is 0.919. The number of nitrogens with zero attached hydrogens (tertiary/aromatic N) is 3. The predicted molar refractivity (Wildman–Crippen MR) is 89.7 cm³/mol. The molecule has 8 heteroatoms. The van der Waals surface area contributed by atoms with Crippen molar-refractivity contribution in [1.82, 2.24) is 10.3 Å². The second-order valence-electron chi connectivity index (χ2n) is 5.98. The lowest BCUT2D eigenvalue weighted by Crippen LogP contribution is -2.41. The molecule has 2 atom stereocenters. The summed E-state index contributed by atoms with van der Waals surface area (Å²) < 4.78 is 10.6. The van der Waals surface area contributed by atoms with E-state index in [0.29, 0.717) is 5.75 Å². The van der Waals surface area contributed by atoms with E-state index >= 15 is 0 Å². The molecule has 1 aromatic rings. The number of hydrogen-bond donors (Lipinski definition) is 1. The number of nitro benzene ring substituents is 1. The Morgan fingerprint density at radius 1 is 1.38 bits per heavy atom. The molecule has 24 heavy (non-hydrogen) atoms. The molecule has 0 aromatic heterocycles. The van der Waals surface area contributed by atoms with Crippen molar-refractivity contribution in [3.05, 3.63) is 27.8 Å². The first-order valence-corrected chi connectivity index (χ1v) is 8.03. The van der Waals surface area contributed by atoms with Crippen LogP contribution in [0.3, 0.4) is 0 Å². The van der Waals surface area contributed by atoms with Gasteiger partial charge in [-0.3, -0.25) is 10.1 Å². The van der Waals surface area contributed by atoms with Crippen molar-refractivity contribution in [2.75, 3.05) is 33.9 Å². The molecule has 1 fully saturated rings. The summed E-state index contributed by atoms with van der Waals surface area (Å²) >= 11 is 0. The normalized spacial score (nSPS) is 23.2. The molecule has 130 valence electrons. The quantitative estimate of drug-likeness (QED) is 0.654. The minimum absolute atomic E-state index is 0.0632. The van der Waals surface area contributed by atoms with Gasteiger partial charge >= 0.3 is 5.69 Å². The highest BCUT2D eigenvalue weighted by Crippen LogP contribution is 2.42. The first-order valence-electron chi connectivity index (χ1n) is 8.03. The smallest absolute Gasteiger partial charge is 0.311 e. The lowest BCUT2D eigenvalue weighted by atomic mass is 9.86. The van der Waals surface area contributed by atoms with Gasteiger partial charge in [-0.15, -0.1) is 0 Å². The van der Waals surface area contributed by atoms with Gasteiger partial charge in [-0.25, -0.2) is 0 Å². The Morgan fingerprint density at radius 2 is 2.12 bits per heavy atom. The van der Waals surface area contributed by atoms with Gasteiger partial charge in [0, 0.05) is 48.8 Å². The molecule has 1 aromatic carbocycles. The van der Waals surface area contributed by atoms with Crippen LogP contribution in [0.2, 0.25) is 0 Å². The fraction of sp³-hybridized carbons (Fsp3) is 0.562. The van der Waals surface area contributed by atoms with Crippen LogP contribution < -0.4 is 14.9 Å². The number of hydrogen-bond acceptors (Lipinski definition) is 7. The van der Waals surface area contributed by atoms with Gasteiger partial charge < -0.3 is 19.8 Å². The van der Waals surface area contributed by atoms with E-state index in [2.05, 4.69) is 22.4 Å². The third-order valence-electron chi connectivity index (χ3n) is 4.83. The lowest BCUT2D eigenvalue weighted by Gasteiger charge is -2.33. The Hall–Kier alpha value is -2.35. The number of hydrazone groups is 1. The predicted octanol–water partition coefficient (Wildman–Crippen LogP) is 1.95. The van der Waals surface area contributed by atoms with Gasteiger partial charge in [0.1, 0.15) is 5.75 Å². The number of piperidine rings is 1. The molecule has 1 saturated heterocycles. The van der Waals surface area contributed by atoms with Crippen molar-refractivity contribution in [2.24, 2.45) is 11.0 Å². The van der Waals surface area contributed by atoms with Gasteiger partial charge in [-0.1, -0.05) is 6.92 Å². The summed E-state index contributed by atoms with van der Waals surface area (Å²) in [4.78, 5) is 13.3. The van der Waals surface area contributed by atoms with Crippen LogP contribution >= 0.6 is 0 Å². The van der Waals surface area contributed by atoms with Crippen LogP contribution in [-0.2, 0) is 0 Å². The van der Waals surface area contributed by atoms with E-state index in [1.165, 1.54) is 7.11 Å². The molecule has 0 saturated carbocycles. The number of ether oxygens (including phenoxy) is 2. The average Bonchev–Trinajstić information content (AvgIpc) is 3.03. The molecule has 1 N–H and O–H groups in total. The zero-order valence-electron chi connectivity index (χ0n) is 14.1. The summed E-state index contributed by atoms with van der Waals surface area (Å²) in [7, 11) is 2.97. The van der Waals surface area contributed by atoms with Crippen molar-refractivity contribution >= 4 is 11.4 Å². The maximum absolute atomic E-state index is 11.4. The molecule has 2 aliphatic heterocycles. The largest absolute Gasteiger partial charge is 0.496 e. The fourth-order valence-electron chi connectivity index (χ4n) is 3.48. The summed E-state index contributed by atoms with van der Waals surface area (Å²) in [5, 5.41) is 15.8. The third-order valence-corrected chi connectivity index (χ3v) is 4.83. The standard InChI is InChI=1S/C16H22N4O4/c1-4-19-6-5-12-11(9-19)16(18-17-12)10-7-13(20(21)22)15(24-3)8-14(10)23-2/h7-8,11,16,18H,4-6,9H2,1-3H3. The van der Waals surface area contributed by atoms with Gasteiger partial charge in [-0.05, 0) is 6.54 Å². The Morgan fingerprint density at radius 3 is 2.75 bits per heavy atom. The summed E-state index contributed by atoms with van der Waals surface area (Å²) in [5.74, 6) is 0.958. The van der Waals surface area contributed by atoms with Crippen LogP contribution in [-0.4, -0.2) is 49.4 Å². The molecule has 0 radical (unpaired) electrons. The van der Waals surface area contributed by atoms with E-state index in [-0.39, 0.29) is 23.4 Å². The second-order valence-corrected chi connectivity index (χ2v) is 5.98. The van der Waals surface area contributed by atoms with Crippen molar-refractivity contribution in [3.63, 3.8) is 0 Å². The Balaban J connectivity index is 1.99. The minimum atomic E-state index is -0.433. The lowest BCUT2D eigenvalue weighted by molar-refractivity contribution is -0.385. The van der Waals surface area contributed by atoms with Crippen LogP contribution in [0.25, 0.3) is 0 Å².